The first-order valence-electron chi connectivity index (χ1n) is 6.27. The number of nitrogens with one attached hydrogen (secondary N) is 1. The highest BCUT2D eigenvalue weighted by atomic mass is 32.2. The van der Waals surface area contributed by atoms with Crippen LogP contribution >= 0.6 is 0 Å². The molecule has 0 amide bonds. The summed E-state index contributed by atoms with van der Waals surface area (Å²) in [5, 5.41) is 0.498. The Kier molecular flexibility index (Phi) is 3.10. The van der Waals surface area contributed by atoms with Gasteiger partial charge in [-0.15, -0.1) is 0 Å². The summed E-state index contributed by atoms with van der Waals surface area (Å²) in [4.78, 5) is 18.4. The second-order valence-corrected chi connectivity index (χ2v) is 6.63. The smallest absolute Gasteiger partial charge is 0.208 e. The molecule has 2 heterocycles. The van der Waals surface area contributed by atoms with Crippen LogP contribution < -0.4 is 0 Å². The van der Waals surface area contributed by atoms with Crippen LogP contribution in [-0.4, -0.2) is 24.7 Å². The monoisotopic (exact) mass is 300 g/mol. The van der Waals surface area contributed by atoms with E-state index in [0.717, 1.165) is 5.56 Å². The molecule has 6 heteroatoms. The molecule has 0 aliphatic carbocycles. The second kappa shape index (κ2) is 4.82. The van der Waals surface area contributed by atoms with E-state index < -0.39 is 9.84 Å². The maximum atomic E-state index is 12.7. The van der Waals surface area contributed by atoms with E-state index in [2.05, 4.69) is 9.97 Å². The van der Waals surface area contributed by atoms with Crippen LogP contribution in [-0.2, 0) is 9.84 Å². The van der Waals surface area contributed by atoms with E-state index in [1.54, 1.807) is 24.4 Å². The van der Waals surface area contributed by atoms with Crippen molar-refractivity contribution in [3.05, 3.63) is 53.9 Å². The number of nitrogens with zero attached hydrogens (tertiary/aromatic N) is 1. The number of aromatic amines is 1. The Balaban J connectivity index is 2.28. The van der Waals surface area contributed by atoms with Crippen molar-refractivity contribution in [1.82, 2.24) is 9.97 Å². The molecule has 5 nitrogen and oxygen atoms in total. The van der Waals surface area contributed by atoms with Crippen LogP contribution in [0, 0.1) is 6.92 Å². The van der Waals surface area contributed by atoms with E-state index in [4.69, 9.17) is 0 Å². The molecule has 0 radical (unpaired) electrons. The van der Waals surface area contributed by atoms with E-state index in [9.17, 15) is 13.2 Å². The zero-order chi connectivity index (χ0) is 15.0. The first kappa shape index (κ1) is 13.5. The van der Waals surface area contributed by atoms with Crippen LogP contribution in [0.25, 0.3) is 11.0 Å². The summed E-state index contributed by atoms with van der Waals surface area (Å²) in [7, 11) is -3.78. The maximum Gasteiger partial charge on any atom is 0.208 e. The van der Waals surface area contributed by atoms with Gasteiger partial charge in [0.1, 0.15) is 10.5 Å². The van der Waals surface area contributed by atoms with Gasteiger partial charge in [0, 0.05) is 23.3 Å². The van der Waals surface area contributed by atoms with Crippen molar-refractivity contribution >= 4 is 27.2 Å². The number of benzene rings is 1. The number of hydrogen-bond acceptors (Lipinski definition) is 4. The number of aromatic nitrogens is 2. The highest BCUT2D eigenvalue weighted by molar-refractivity contribution is 7.91. The number of sulfone groups is 1. The Bertz CT molecular complexity index is 925. The lowest BCUT2D eigenvalue weighted by atomic mass is 10.2. The van der Waals surface area contributed by atoms with Gasteiger partial charge >= 0.3 is 0 Å². The molecule has 0 aliphatic rings. The Hall–Kier alpha value is -2.47. The topological polar surface area (TPSA) is 79.9 Å². The average Bonchev–Trinajstić information content (AvgIpc) is 2.95. The van der Waals surface area contributed by atoms with Gasteiger partial charge in [-0.1, -0.05) is 17.7 Å². The van der Waals surface area contributed by atoms with Crippen LogP contribution in [0.1, 0.15) is 15.9 Å². The summed E-state index contributed by atoms with van der Waals surface area (Å²) in [5.41, 5.74) is 1.57. The molecule has 0 atom stereocenters. The summed E-state index contributed by atoms with van der Waals surface area (Å²) in [5.74, 6) is 0. The fourth-order valence-corrected chi connectivity index (χ4v) is 3.58. The Morgan fingerprint density at radius 1 is 1.14 bits per heavy atom. The summed E-state index contributed by atoms with van der Waals surface area (Å²) >= 11 is 0. The Morgan fingerprint density at radius 3 is 2.52 bits per heavy atom. The minimum Gasteiger partial charge on any atom is -0.346 e. The van der Waals surface area contributed by atoms with Crippen LogP contribution in [0.3, 0.4) is 0 Å². The molecule has 0 fully saturated rings. The summed E-state index contributed by atoms with van der Waals surface area (Å²) in [6.45, 7) is 1.88. The largest absolute Gasteiger partial charge is 0.346 e. The van der Waals surface area contributed by atoms with Crippen LogP contribution in [0.5, 0.6) is 0 Å². The molecule has 2 aromatic heterocycles. The number of carbonyl (C=O) groups is 1. The van der Waals surface area contributed by atoms with Crippen molar-refractivity contribution in [2.75, 3.05) is 0 Å². The van der Waals surface area contributed by atoms with E-state index >= 15 is 0 Å². The molecule has 0 saturated heterocycles. The number of aryl methyl sites for hydroxylation is 1. The van der Waals surface area contributed by atoms with E-state index in [-0.39, 0.29) is 15.4 Å². The average molecular weight is 300 g/mol. The lowest BCUT2D eigenvalue weighted by molar-refractivity contribution is 0.112. The van der Waals surface area contributed by atoms with Crippen LogP contribution in [0.2, 0.25) is 0 Å². The molecule has 1 N–H and O–H groups in total. The van der Waals surface area contributed by atoms with Gasteiger partial charge in [-0.3, -0.25) is 4.79 Å². The van der Waals surface area contributed by atoms with Crippen molar-refractivity contribution in [2.45, 2.75) is 16.7 Å². The van der Waals surface area contributed by atoms with Gasteiger partial charge in [0.15, 0.2) is 6.29 Å². The summed E-state index contributed by atoms with van der Waals surface area (Å²) < 4.78 is 25.4. The predicted molar refractivity (Wildman–Crippen MR) is 78.1 cm³/mol. The SMILES string of the molecule is Cc1ccc(S(=O)(=O)c2cnc3[nH]ccc3c2C=O)cc1. The van der Waals surface area contributed by atoms with Crippen molar-refractivity contribution in [2.24, 2.45) is 0 Å². The molecular weight excluding hydrogens is 288 g/mol. The standard InChI is InChI=1S/C15H12N2O3S/c1-10-2-4-11(5-3-10)21(19,20)14-8-17-15-12(6-7-16-15)13(14)9-18/h2-9H,1H3,(H,16,17). The first-order valence-corrected chi connectivity index (χ1v) is 7.75. The molecule has 0 spiro atoms. The lowest BCUT2D eigenvalue weighted by Gasteiger charge is -2.08. The fraction of sp³-hybridized carbons (Fsp3) is 0.0667. The van der Waals surface area contributed by atoms with Gasteiger partial charge in [0.05, 0.1) is 4.90 Å². The van der Waals surface area contributed by atoms with Crippen molar-refractivity contribution in [3.8, 4) is 0 Å². The number of fused-ring (bicyclic) bond motifs is 1. The third-order valence-corrected chi connectivity index (χ3v) is 5.13. The number of H-pyrrole nitrogens is 1. The first-order chi connectivity index (χ1) is 10.0. The zero-order valence-electron chi connectivity index (χ0n) is 11.2. The third-order valence-electron chi connectivity index (χ3n) is 3.33. The van der Waals surface area contributed by atoms with Crippen molar-refractivity contribution < 1.29 is 13.2 Å². The molecule has 3 rings (SSSR count). The molecule has 0 bridgehead atoms. The predicted octanol–water partition coefficient (Wildman–Crippen LogP) is 2.52. The quantitative estimate of drug-likeness (QED) is 0.754. The van der Waals surface area contributed by atoms with Crippen LogP contribution in [0.4, 0.5) is 0 Å². The number of hydrogen-bond donors (Lipinski definition) is 1. The Labute approximate surface area is 121 Å². The highest BCUT2D eigenvalue weighted by Gasteiger charge is 2.23. The molecule has 0 unspecified atom stereocenters. The highest BCUT2D eigenvalue weighted by Crippen LogP contribution is 2.27. The third kappa shape index (κ3) is 2.13. The normalized spacial score (nSPS) is 11.7. The minimum atomic E-state index is -3.78. The molecule has 21 heavy (non-hydrogen) atoms. The van der Waals surface area contributed by atoms with Gasteiger partial charge in [-0.25, -0.2) is 13.4 Å². The lowest BCUT2D eigenvalue weighted by Crippen LogP contribution is -2.06. The molecule has 3 aromatic rings. The Morgan fingerprint density at radius 2 is 1.86 bits per heavy atom. The molecule has 0 saturated carbocycles. The minimum absolute atomic E-state index is 0.0755. The number of rotatable bonds is 3. The van der Waals surface area contributed by atoms with E-state index in [1.807, 2.05) is 6.92 Å². The summed E-state index contributed by atoms with van der Waals surface area (Å²) in [6.07, 6.45) is 3.39. The van der Waals surface area contributed by atoms with Crippen molar-refractivity contribution in [3.63, 3.8) is 0 Å². The zero-order valence-corrected chi connectivity index (χ0v) is 12.0. The second-order valence-electron chi connectivity index (χ2n) is 4.71. The summed E-state index contributed by atoms with van der Waals surface area (Å²) in [6, 6.07) is 8.13. The molecule has 1 aromatic carbocycles. The number of carbonyl (C=O) groups excluding carboxylic acids is 1. The van der Waals surface area contributed by atoms with Gasteiger partial charge in [-0.2, -0.15) is 0 Å². The van der Waals surface area contributed by atoms with Crippen LogP contribution in [0.15, 0.2) is 52.5 Å². The molecular formula is C15H12N2O3S. The van der Waals surface area contributed by atoms with Gasteiger partial charge in [0.2, 0.25) is 9.84 Å². The van der Waals surface area contributed by atoms with Gasteiger partial charge in [0.25, 0.3) is 0 Å². The van der Waals surface area contributed by atoms with E-state index in [1.165, 1.54) is 18.3 Å². The van der Waals surface area contributed by atoms with Gasteiger partial charge in [-0.05, 0) is 25.1 Å². The van der Waals surface area contributed by atoms with E-state index in [0.29, 0.717) is 17.3 Å². The fourth-order valence-electron chi connectivity index (χ4n) is 2.19. The molecule has 0 aliphatic heterocycles. The number of aldehydes is 1. The maximum absolute atomic E-state index is 12.7. The number of pyridine rings is 1. The van der Waals surface area contributed by atoms with Crippen molar-refractivity contribution in [1.29, 1.82) is 0 Å². The molecule has 106 valence electrons. The van der Waals surface area contributed by atoms with Gasteiger partial charge < -0.3 is 4.98 Å².